The van der Waals surface area contributed by atoms with Gasteiger partial charge in [-0.15, -0.1) is 0 Å². The molecule has 1 saturated heterocycles. The molecule has 2 aromatic rings. The molecule has 0 radical (unpaired) electrons. The summed E-state index contributed by atoms with van der Waals surface area (Å²) in [5.74, 6) is -10.4. The van der Waals surface area contributed by atoms with Crippen LogP contribution in [0.5, 0.6) is 5.75 Å². The Bertz CT molecular complexity index is 2060. The molecule has 0 aliphatic carbocycles. The van der Waals surface area contributed by atoms with Gasteiger partial charge < -0.3 is 73.3 Å². The van der Waals surface area contributed by atoms with Crippen molar-refractivity contribution >= 4 is 59.2 Å². The molecule has 3 rings (SSSR count). The Kier molecular flexibility index (Phi) is 22.3. The number of phenols is 1. The number of aromatic nitrogens is 2. The van der Waals surface area contributed by atoms with E-state index < -0.39 is 115 Å². The minimum Gasteiger partial charge on any atom is -0.508 e. The van der Waals surface area contributed by atoms with Crippen LogP contribution in [0.2, 0.25) is 0 Å². The summed E-state index contributed by atoms with van der Waals surface area (Å²) in [7, 11) is 0. The predicted octanol–water partition coefficient (Wildman–Crippen LogP) is -3.56. The lowest BCUT2D eigenvalue weighted by Crippen LogP contribution is -2.61. The zero-order valence-corrected chi connectivity index (χ0v) is 38.3. The zero-order valence-electron chi connectivity index (χ0n) is 38.3. The number of nitrogens with zero attached hydrogens (tertiary/aromatic N) is 1. The monoisotopic (exact) mass is 957 g/mol. The number of hydrogen-bond acceptors (Lipinski definition) is 14. The van der Waals surface area contributed by atoms with Crippen molar-refractivity contribution in [2.24, 2.45) is 11.8 Å². The summed E-state index contributed by atoms with van der Waals surface area (Å²) in [6.45, 7) is 5.77. The topological polar surface area (TPSA) is 389 Å². The third-order valence-corrected chi connectivity index (χ3v) is 10.4. The maximum atomic E-state index is 14.0. The Morgan fingerprint density at radius 2 is 1.19 bits per heavy atom. The van der Waals surface area contributed by atoms with Gasteiger partial charge in [-0.1, -0.05) is 39.8 Å². The minimum absolute atomic E-state index is 0.0391. The summed E-state index contributed by atoms with van der Waals surface area (Å²) in [5.41, 5.74) is 0.714. The molecule has 2 heterocycles. The third kappa shape index (κ3) is 19.4. The van der Waals surface area contributed by atoms with Gasteiger partial charge in [-0.2, -0.15) is 0 Å². The summed E-state index contributed by atoms with van der Waals surface area (Å²) in [4.78, 5) is 136. The Balaban J connectivity index is 1.71. The van der Waals surface area contributed by atoms with Crippen molar-refractivity contribution in [3.63, 3.8) is 0 Å². The molecule has 0 unspecified atom stereocenters. The molecule has 1 aliphatic rings. The minimum atomic E-state index is -1.84. The number of carboxylic acids is 2. The lowest BCUT2D eigenvalue weighted by Gasteiger charge is -2.27. The fourth-order valence-electron chi connectivity index (χ4n) is 6.92. The quantitative estimate of drug-likeness (QED) is 0.0392. The number of aliphatic hydroxyl groups excluding tert-OH is 1. The largest absolute Gasteiger partial charge is 0.508 e. The molecule has 7 atom stereocenters. The number of aliphatic hydroxyl groups is 1. The number of aromatic amines is 1. The van der Waals surface area contributed by atoms with Crippen molar-refractivity contribution in [2.45, 2.75) is 115 Å². The summed E-state index contributed by atoms with van der Waals surface area (Å²) in [6.07, 6.45) is 2.55. The SMILES string of the molecule is CC(C)C[C@H](NC(=O)CNC(=O)CNC(=O)[C@@H]1CCCN1)C(=O)N[C@@H](CO)C(=O)N[C@@H](CC(C)C)C(=O)N[C@@H](Cc1cnc[nH]1)C(=O)N[C@@H](CC(=O)O)C(=O)N[C@@H](Cc1ccc(O)cc1)C(=O)O. The van der Waals surface area contributed by atoms with E-state index in [0.29, 0.717) is 24.2 Å². The van der Waals surface area contributed by atoms with Gasteiger partial charge in [-0.3, -0.25) is 43.2 Å². The number of amides is 8. The number of carbonyl (C=O) groups is 10. The number of aromatic hydroxyl groups is 1. The second kappa shape index (κ2) is 27.5. The van der Waals surface area contributed by atoms with Crippen molar-refractivity contribution in [3.05, 3.63) is 48.0 Å². The number of benzene rings is 1. The Morgan fingerprint density at radius 1 is 0.662 bits per heavy atom. The van der Waals surface area contributed by atoms with Crippen LogP contribution in [-0.2, 0) is 60.8 Å². The van der Waals surface area contributed by atoms with E-state index in [1.807, 2.05) is 0 Å². The molecule has 0 spiro atoms. The van der Waals surface area contributed by atoms with E-state index in [1.54, 1.807) is 27.7 Å². The van der Waals surface area contributed by atoms with Crippen LogP contribution >= 0.6 is 0 Å². The highest BCUT2D eigenvalue weighted by Crippen LogP contribution is 2.13. The summed E-state index contributed by atoms with van der Waals surface area (Å²) in [6, 6.07) is -4.24. The van der Waals surface area contributed by atoms with Gasteiger partial charge in [0.15, 0.2) is 0 Å². The summed E-state index contributed by atoms with van der Waals surface area (Å²) >= 11 is 0. The highest BCUT2D eigenvalue weighted by atomic mass is 16.4. The van der Waals surface area contributed by atoms with Crippen molar-refractivity contribution in [2.75, 3.05) is 26.2 Å². The molecule has 0 bridgehead atoms. The van der Waals surface area contributed by atoms with E-state index in [0.717, 1.165) is 6.42 Å². The average Bonchev–Trinajstić information content (AvgIpc) is 4.01. The summed E-state index contributed by atoms with van der Waals surface area (Å²) < 4.78 is 0. The van der Waals surface area contributed by atoms with Gasteiger partial charge in [-0.25, -0.2) is 9.78 Å². The molecular weight excluding hydrogens is 895 g/mol. The van der Waals surface area contributed by atoms with Crippen LogP contribution in [0, 0.1) is 11.8 Å². The molecule has 25 heteroatoms. The Morgan fingerprint density at radius 3 is 1.74 bits per heavy atom. The van der Waals surface area contributed by atoms with Crippen LogP contribution in [0.1, 0.15) is 71.1 Å². The number of carbonyl (C=O) groups excluding carboxylic acids is 8. The molecule has 1 aromatic heterocycles. The number of aliphatic carboxylic acids is 2. The van der Waals surface area contributed by atoms with Crippen LogP contribution in [0.4, 0.5) is 0 Å². The van der Waals surface area contributed by atoms with Gasteiger partial charge >= 0.3 is 11.9 Å². The fourth-order valence-corrected chi connectivity index (χ4v) is 6.92. The number of nitrogens with one attached hydrogen (secondary N) is 10. The second-order valence-corrected chi connectivity index (χ2v) is 17.1. The van der Waals surface area contributed by atoms with E-state index in [9.17, 15) is 68.4 Å². The molecule has 8 amide bonds. The first kappa shape index (κ1) is 55.2. The number of phenolic OH excluding ortho intramolecular Hbond substituents is 1. The first-order chi connectivity index (χ1) is 32.1. The lowest BCUT2D eigenvalue weighted by molar-refractivity contribution is -0.143. The third-order valence-electron chi connectivity index (χ3n) is 10.4. The van der Waals surface area contributed by atoms with E-state index in [-0.39, 0.29) is 55.7 Å². The van der Waals surface area contributed by atoms with Gasteiger partial charge in [0.05, 0.1) is 38.5 Å². The zero-order chi connectivity index (χ0) is 50.5. The van der Waals surface area contributed by atoms with Gasteiger partial charge in [-0.05, 0) is 61.8 Å². The molecule has 25 nitrogen and oxygen atoms in total. The van der Waals surface area contributed by atoms with E-state index in [1.165, 1.54) is 36.8 Å². The average molecular weight is 958 g/mol. The molecule has 14 N–H and O–H groups in total. The Labute approximate surface area is 391 Å². The van der Waals surface area contributed by atoms with Crippen molar-refractivity contribution < 1.29 is 68.4 Å². The highest BCUT2D eigenvalue weighted by Gasteiger charge is 2.35. The van der Waals surface area contributed by atoms with Crippen LogP contribution < -0.4 is 47.9 Å². The number of carboxylic acid groups (broad SMARTS) is 2. The summed E-state index contributed by atoms with van der Waals surface area (Å²) in [5, 5.41) is 61.5. The van der Waals surface area contributed by atoms with Gasteiger partial charge in [0.2, 0.25) is 47.3 Å². The predicted molar refractivity (Wildman–Crippen MR) is 239 cm³/mol. The van der Waals surface area contributed by atoms with Gasteiger partial charge in [0.25, 0.3) is 0 Å². The highest BCUT2D eigenvalue weighted by molar-refractivity contribution is 5.98. The first-order valence-corrected chi connectivity index (χ1v) is 22.0. The molecular formula is C43H63N11O14. The van der Waals surface area contributed by atoms with Crippen LogP contribution in [0.15, 0.2) is 36.8 Å². The van der Waals surface area contributed by atoms with Crippen LogP contribution in [-0.4, -0.2) is 158 Å². The van der Waals surface area contributed by atoms with Crippen molar-refractivity contribution in [1.82, 2.24) is 57.8 Å². The molecule has 1 aliphatic heterocycles. The molecule has 0 saturated carbocycles. The lowest BCUT2D eigenvalue weighted by atomic mass is 10.0. The normalized spacial score (nSPS) is 15.9. The van der Waals surface area contributed by atoms with E-state index in [2.05, 4.69) is 57.8 Å². The van der Waals surface area contributed by atoms with Crippen molar-refractivity contribution in [3.8, 4) is 5.75 Å². The molecule has 1 fully saturated rings. The maximum Gasteiger partial charge on any atom is 0.326 e. The van der Waals surface area contributed by atoms with E-state index >= 15 is 0 Å². The molecule has 1 aromatic carbocycles. The van der Waals surface area contributed by atoms with Gasteiger partial charge in [0, 0.05) is 24.7 Å². The van der Waals surface area contributed by atoms with Crippen LogP contribution in [0.25, 0.3) is 0 Å². The van der Waals surface area contributed by atoms with Crippen molar-refractivity contribution in [1.29, 1.82) is 0 Å². The van der Waals surface area contributed by atoms with Gasteiger partial charge in [0.1, 0.15) is 42.0 Å². The number of imidazole rings is 1. The maximum absolute atomic E-state index is 14.0. The second-order valence-electron chi connectivity index (χ2n) is 17.1. The number of hydrogen-bond donors (Lipinski definition) is 14. The molecule has 68 heavy (non-hydrogen) atoms. The standard InChI is InChI=1S/C43H63N11O14/c1-22(2)12-28(49-35(58)19-46-34(57)18-47-37(61)27-6-5-11-45-27)38(62)54-33(20-55)42(66)50-29(13-23(3)4)39(63)51-30(15-25-17-44-21-48-25)40(64)52-31(16-36(59)60)41(65)53-32(43(67)68)14-24-7-9-26(56)10-8-24/h7-10,17,21-23,27-33,45,55-56H,5-6,11-16,18-20H2,1-4H3,(H,44,48)(H,46,57)(H,47,61)(H,49,58)(H,50,66)(H,51,63)(H,52,64)(H,53,65)(H,54,62)(H,59,60)(H,67,68)/t27-,28-,29-,30-,31-,32-,33-/m0/s1. The molecule has 374 valence electrons. The smallest absolute Gasteiger partial charge is 0.326 e. The van der Waals surface area contributed by atoms with Crippen LogP contribution in [0.3, 0.4) is 0 Å². The van der Waals surface area contributed by atoms with E-state index in [4.69, 9.17) is 0 Å². The first-order valence-electron chi connectivity index (χ1n) is 22.0. The fraction of sp³-hybridized carbons (Fsp3) is 0.558. The Hall–Kier alpha value is -7.15. The number of H-pyrrole nitrogens is 1. The number of rotatable bonds is 28.